The average Bonchev–Trinajstić information content (AvgIpc) is 2.56. The number of benzene rings is 2. The number of rotatable bonds is 6. The van der Waals surface area contributed by atoms with Crippen molar-refractivity contribution in [3.05, 3.63) is 53.6 Å². The Balaban J connectivity index is 2.62. The summed E-state index contributed by atoms with van der Waals surface area (Å²) in [6.07, 6.45) is 0. The molecule has 0 heterocycles. The number of hydrogen-bond acceptors (Lipinski definition) is 4. The molecule has 0 fully saturated rings. The van der Waals surface area contributed by atoms with Crippen LogP contribution in [-0.2, 0) is 4.57 Å². The van der Waals surface area contributed by atoms with Crippen molar-refractivity contribution >= 4 is 8.46 Å². The average molecular weight is 304 g/mol. The Bertz CT molecular complexity index is 588. The molecule has 0 bridgehead atoms. The summed E-state index contributed by atoms with van der Waals surface area (Å²) in [5.41, 5.74) is 1.31. The van der Waals surface area contributed by atoms with Crippen molar-refractivity contribution in [2.45, 2.75) is 5.66 Å². The van der Waals surface area contributed by atoms with Crippen molar-refractivity contribution in [3.8, 4) is 17.2 Å². The lowest BCUT2D eigenvalue weighted by molar-refractivity contribution is 0.369. The van der Waals surface area contributed by atoms with Gasteiger partial charge in [0, 0.05) is 12.1 Å². The second kappa shape index (κ2) is 7.09. The van der Waals surface area contributed by atoms with E-state index in [0.717, 1.165) is 11.1 Å². The first kappa shape index (κ1) is 15.3. The molecule has 0 aliphatic heterocycles. The maximum absolute atomic E-state index is 11.8. The molecule has 2 aromatic rings. The van der Waals surface area contributed by atoms with Gasteiger partial charge in [0.05, 0.1) is 32.6 Å². The molecule has 2 rings (SSSR count). The fraction of sp³-hybridized carbons (Fsp3) is 0.250. The quantitative estimate of drug-likeness (QED) is 0.754. The summed E-state index contributed by atoms with van der Waals surface area (Å²) in [6.45, 7) is 0. The maximum Gasteiger partial charge on any atom is 0.168 e. The highest BCUT2D eigenvalue weighted by Gasteiger charge is 2.24. The zero-order valence-corrected chi connectivity index (χ0v) is 13.1. The van der Waals surface area contributed by atoms with E-state index in [1.165, 1.54) is 0 Å². The maximum atomic E-state index is 11.8. The zero-order chi connectivity index (χ0) is 15.2. The minimum absolute atomic E-state index is 0.0265. The first-order valence-electron chi connectivity index (χ1n) is 6.42. The second-order valence-electron chi connectivity index (χ2n) is 4.36. The van der Waals surface area contributed by atoms with Gasteiger partial charge in [-0.25, -0.2) is 0 Å². The molecular weight excluding hydrogens is 287 g/mol. The highest BCUT2D eigenvalue weighted by molar-refractivity contribution is 7.24. The van der Waals surface area contributed by atoms with Crippen molar-refractivity contribution in [3.63, 3.8) is 0 Å². The van der Waals surface area contributed by atoms with E-state index in [-0.39, 0.29) is 14.1 Å². The third kappa shape index (κ3) is 3.17. The molecule has 2 aromatic carbocycles. The van der Waals surface area contributed by atoms with E-state index in [1.54, 1.807) is 33.5 Å². The Kier molecular flexibility index (Phi) is 5.18. The normalized spacial score (nSPS) is 12.0. The number of methoxy groups -OCH3 is 3. The fourth-order valence-corrected chi connectivity index (χ4v) is 2.87. The van der Waals surface area contributed by atoms with E-state index in [1.807, 2.05) is 30.3 Å². The summed E-state index contributed by atoms with van der Waals surface area (Å²) in [5, 5.41) is 0. The fourth-order valence-electron chi connectivity index (χ4n) is 2.22. The van der Waals surface area contributed by atoms with Crippen molar-refractivity contribution in [1.29, 1.82) is 0 Å². The smallest absolute Gasteiger partial charge is 0.168 e. The topological polar surface area (TPSA) is 44.8 Å². The molecular formula is C16H17O4P. The van der Waals surface area contributed by atoms with Gasteiger partial charge in [0.15, 0.2) is 8.46 Å². The lowest BCUT2D eigenvalue weighted by atomic mass is 10.0. The summed E-state index contributed by atoms with van der Waals surface area (Å²) in [4.78, 5) is 0. The number of ether oxygens (including phenoxy) is 3. The van der Waals surface area contributed by atoms with Gasteiger partial charge in [-0.2, -0.15) is 0 Å². The van der Waals surface area contributed by atoms with E-state index in [0.29, 0.717) is 17.2 Å². The van der Waals surface area contributed by atoms with Crippen LogP contribution in [0.15, 0.2) is 42.5 Å². The van der Waals surface area contributed by atoms with Crippen LogP contribution >= 0.6 is 8.46 Å². The van der Waals surface area contributed by atoms with Gasteiger partial charge in [-0.15, -0.1) is 0 Å². The molecule has 4 nitrogen and oxygen atoms in total. The van der Waals surface area contributed by atoms with Crippen LogP contribution < -0.4 is 14.2 Å². The molecule has 0 amide bonds. The standard InChI is InChI=1S/C16H17O4P/c1-18-12-9-13(19-2)15(14(10-12)20-3)16(21-17)11-7-5-4-6-8-11/h4-10,16H,1-3H3. The SMILES string of the molecule is COc1cc(OC)c(C(P=O)c2ccccc2)c(OC)c1. The largest absolute Gasteiger partial charge is 0.496 e. The molecule has 0 saturated heterocycles. The molecule has 21 heavy (non-hydrogen) atoms. The van der Waals surface area contributed by atoms with Crippen LogP contribution in [0, 0.1) is 0 Å². The number of hydrogen-bond donors (Lipinski definition) is 0. The van der Waals surface area contributed by atoms with Crippen molar-refractivity contribution in [1.82, 2.24) is 0 Å². The van der Waals surface area contributed by atoms with Gasteiger partial charge in [0.1, 0.15) is 17.2 Å². The highest BCUT2D eigenvalue weighted by Crippen LogP contribution is 2.46. The van der Waals surface area contributed by atoms with E-state index in [2.05, 4.69) is 0 Å². The third-order valence-electron chi connectivity index (χ3n) is 3.25. The molecule has 0 spiro atoms. The molecule has 0 radical (unpaired) electrons. The van der Waals surface area contributed by atoms with Gasteiger partial charge in [-0.1, -0.05) is 30.3 Å². The molecule has 110 valence electrons. The van der Waals surface area contributed by atoms with Gasteiger partial charge >= 0.3 is 0 Å². The van der Waals surface area contributed by atoms with E-state index >= 15 is 0 Å². The molecule has 0 aromatic heterocycles. The lowest BCUT2D eigenvalue weighted by Gasteiger charge is -2.19. The van der Waals surface area contributed by atoms with Gasteiger partial charge in [0.25, 0.3) is 0 Å². The Hall–Kier alpha value is -2.06. The third-order valence-corrected chi connectivity index (χ3v) is 4.01. The van der Waals surface area contributed by atoms with Crippen LogP contribution in [-0.4, -0.2) is 21.3 Å². The summed E-state index contributed by atoms with van der Waals surface area (Å²) >= 11 is 0. The molecule has 1 unspecified atom stereocenters. The highest BCUT2D eigenvalue weighted by atomic mass is 31.1. The zero-order valence-electron chi connectivity index (χ0n) is 12.2. The Labute approximate surface area is 125 Å². The predicted octanol–water partition coefficient (Wildman–Crippen LogP) is 4.09. The van der Waals surface area contributed by atoms with E-state index in [4.69, 9.17) is 14.2 Å². The monoisotopic (exact) mass is 304 g/mol. The summed E-state index contributed by atoms with van der Waals surface area (Å²) in [7, 11) is 4.69. The first-order valence-corrected chi connectivity index (χ1v) is 7.30. The van der Waals surface area contributed by atoms with Gasteiger partial charge in [-0.05, 0) is 5.56 Å². The van der Waals surface area contributed by atoms with E-state index < -0.39 is 0 Å². The summed E-state index contributed by atoms with van der Waals surface area (Å²) in [6, 6.07) is 13.1. The van der Waals surface area contributed by atoms with Crippen LogP contribution in [0.4, 0.5) is 0 Å². The Morgan fingerprint density at radius 2 is 1.48 bits per heavy atom. The van der Waals surface area contributed by atoms with Crippen LogP contribution in [0.5, 0.6) is 17.2 Å². The molecule has 5 heteroatoms. The van der Waals surface area contributed by atoms with Crippen LogP contribution in [0.2, 0.25) is 0 Å². The van der Waals surface area contributed by atoms with Crippen molar-refractivity contribution in [2.24, 2.45) is 0 Å². The molecule has 0 N–H and O–H groups in total. The second-order valence-corrected chi connectivity index (χ2v) is 5.09. The van der Waals surface area contributed by atoms with Crippen molar-refractivity contribution in [2.75, 3.05) is 21.3 Å². The Morgan fingerprint density at radius 1 is 0.905 bits per heavy atom. The molecule has 0 aliphatic rings. The first-order chi connectivity index (χ1) is 10.2. The van der Waals surface area contributed by atoms with Crippen molar-refractivity contribution < 1.29 is 18.8 Å². The van der Waals surface area contributed by atoms with E-state index in [9.17, 15) is 4.57 Å². The Morgan fingerprint density at radius 3 is 1.90 bits per heavy atom. The lowest BCUT2D eigenvalue weighted by Crippen LogP contribution is -2.02. The summed E-state index contributed by atoms with van der Waals surface area (Å²) in [5.74, 6) is 1.80. The van der Waals surface area contributed by atoms with Gasteiger partial charge in [-0.3, -0.25) is 4.57 Å². The molecule has 1 atom stereocenters. The van der Waals surface area contributed by atoms with Crippen LogP contribution in [0.3, 0.4) is 0 Å². The summed E-state index contributed by atoms with van der Waals surface area (Å²) < 4.78 is 27.8. The minimum Gasteiger partial charge on any atom is -0.496 e. The van der Waals surface area contributed by atoms with Gasteiger partial charge in [0.2, 0.25) is 0 Å². The minimum atomic E-state index is -0.359. The van der Waals surface area contributed by atoms with Gasteiger partial charge < -0.3 is 14.2 Å². The predicted molar refractivity (Wildman–Crippen MR) is 82.0 cm³/mol. The molecule has 0 saturated carbocycles. The van der Waals surface area contributed by atoms with Crippen LogP contribution in [0.1, 0.15) is 16.8 Å². The van der Waals surface area contributed by atoms with Crippen LogP contribution in [0.25, 0.3) is 0 Å². The molecule has 0 aliphatic carbocycles.